The van der Waals surface area contributed by atoms with Crippen LogP contribution < -0.4 is 0 Å². The minimum absolute atomic E-state index is 0.0253. The molecular weight excluding hydrogens is 268 g/mol. The van der Waals surface area contributed by atoms with Crippen LogP contribution in [0.25, 0.3) is 0 Å². The van der Waals surface area contributed by atoms with Crippen LogP contribution in [-0.2, 0) is 19.6 Å². The van der Waals surface area contributed by atoms with Crippen molar-refractivity contribution in [2.45, 2.75) is 47.0 Å². The van der Waals surface area contributed by atoms with Gasteiger partial charge >= 0.3 is 5.97 Å². The Hall–Kier alpha value is -0.880. The summed E-state index contributed by atoms with van der Waals surface area (Å²) in [7, 11) is -4.33. The molecule has 0 saturated carbocycles. The number of ether oxygens (including phenoxy) is 1. The number of hydrogen-bond donors (Lipinski definition) is 1. The molecule has 1 aliphatic rings. The Balaban J connectivity index is 3.17. The lowest BCUT2D eigenvalue weighted by atomic mass is 9.72. The zero-order valence-electron chi connectivity index (χ0n) is 11.9. The number of carbonyl (C=O) groups excluding carboxylic acids is 1. The fourth-order valence-electron chi connectivity index (χ4n) is 2.36. The van der Waals surface area contributed by atoms with E-state index >= 15 is 0 Å². The Morgan fingerprint density at radius 3 is 2.42 bits per heavy atom. The van der Waals surface area contributed by atoms with E-state index in [1.165, 1.54) is 0 Å². The van der Waals surface area contributed by atoms with Crippen molar-refractivity contribution in [2.24, 2.45) is 11.3 Å². The summed E-state index contributed by atoms with van der Waals surface area (Å²) in [5.41, 5.74) is 0.0817. The zero-order valence-corrected chi connectivity index (χ0v) is 12.7. The molecule has 1 N–H and O–H groups in total. The Morgan fingerprint density at radius 1 is 1.42 bits per heavy atom. The summed E-state index contributed by atoms with van der Waals surface area (Å²) in [6.07, 6.45) is 1.16. The zero-order chi connectivity index (χ0) is 14.8. The van der Waals surface area contributed by atoms with Gasteiger partial charge in [0.05, 0.1) is 17.1 Å². The van der Waals surface area contributed by atoms with Crippen LogP contribution >= 0.6 is 0 Å². The Bertz CT molecular complexity index is 482. The van der Waals surface area contributed by atoms with Crippen molar-refractivity contribution in [3.8, 4) is 0 Å². The molecule has 0 fully saturated rings. The molecule has 1 unspecified atom stereocenters. The first-order chi connectivity index (χ1) is 8.57. The van der Waals surface area contributed by atoms with E-state index in [1.54, 1.807) is 6.92 Å². The van der Waals surface area contributed by atoms with E-state index in [-0.39, 0.29) is 34.8 Å². The lowest BCUT2D eigenvalue weighted by Crippen LogP contribution is -2.28. The minimum atomic E-state index is -4.33. The van der Waals surface area contributed by atoms with E-state index in [2.05, 4.69) is 20.8 Å². The highest BCUT2D eigenvalue weighted by molar-refractivity contribution is 7.89. The highest BCUT2D eigenvalue weighted by atomic mass is 32.2. The fourth-order valence-corrected chi connectivity index (χ4v) is 3.21. The second kappa shape index (κ2) is 5.63. The van der Waals surface area contributed by atoms with Crippen molar-refractivity contribution >= 4 is 16.1 Å². The molecule has 1 rings (SSSR count). The topological polar surface area (TPSA) is 80.7 Å². The van der Waals surface area contributed by atoms with Crippen LogP contribution in [-0.4, -0.2) is 25.5 Å². The molecule has 0 spiro atoms. The Labute approximate surface area is 114 Å². The van der Waals surface area contributed by atoms with Crippen molar-refractivity contribution in [3.63, 3.8) is 0 Å². The molecule has 6 heteroatoms. The summed E-state index contributed by atoms with van der Waals surface area (Å²) in [5, 5.41) is 0. The lowest BCUT2D eigenvalue weighted by molar-refractivity contribution is -0.139. The monoisotopic (exact) mass is 290 g/mol. The largest absolute Gasteiger partial charge is 0.463 e. The van der Waals surface area contributed by atoms with Gasteiger partial charge < -0.3 is 4.74 Å². The van der Waals surface area contributed by atoms with E-state index in [4.69, 9.17) is 4.74 Å². The molecule has 0 aromatic heterocycles. The van der Waals surface area contributed by atoms with Gasteiger partial charge in [-0.2, -0.15) is 8.42 Å². The van der Waals surface area contributed by atoms with Crippen LogP contribution in [0, 0.1) is 11.3 Å². The van der Waals surface area contributed by atoms with E-state index in [9.17, 15) is 17.8 Å². The summed E-state index contributed by atoms with van der Waals surface area (Å²) in [5.74, 6) is -0.443. The van der Waals surface area contributed by atoms with Gasteiger partial charge in [0.1, 0.15) is 0 Å². The highest BCUT2D eigenvalue weighted by Gasteiger charge is 2.36. The van der Waals surface area contributed by atoms with Crippen LogP contribution in [0.15, 0.2) is 10.5 Å². The summed E-state index contributed by atoms with van der Waals surface area (Å²) in [6.45, 7) is 8.01. The van der Waals surface area contributed by atoms with Crippen molar-refractivity contribution in [3.05, 3.63) is 10.5 Å². The van der Waals surface area contributed by atoms with Crippen molar-refractivity contribution in [2.75, 3.05) is 6.61 Å². The fraction of sp³-hybridized carbons (Fsp3) is 0.769. The molecule has 0 aromatic carbocycles. The van der Waals surface area contributed by atoms with Crippen LogP contribution in [0.1, 0.15) is 47.0 Å². The maximum Gasteiger partial charge on any atom is 0.335 e. The maximum atomic E-state index is 11.9. The molecule has 19 heavy (non-hydrogen) atoms. The molecule has 1 aliphatic carbocycles. The van der Waals surface area contributed by atoms with E-state index in [1.807, 2.05) is 0 Å². The molecule has 5 nitrogen and oxygen atoms in total. The molecule has 0 heterocycles. The van der Waals surface area contributed by atoms with Gasteiger partial charge in [0.25, 0.3) is 10.1 Å². The Kier molecular flexibility index (Phi) is 4.79. The van der Waals surface area contributed by atoms with Crippen molar-refractivity contribution < 1.29 is 22.5 Å². The van der Waals surface area contributed by atoms with Gasteiger partial charge in [0, 0.05) is 0 Å². The standard InChI is InChI=1S/C13H22O5S/c1-5-18-12(14)10-8-9(13(2,3)4)6-7-11(10)19(15,16)17/h9H,5-8H2,1-4H3,(H,15,16,17). The SMILES string of the molecule is CCOC(=O)C1=C(S(=O)(=O)O)CCC(C(C)(C)C)C1. The lowest BCUT2D eigenvalue weighted by Gasteiger charge is -2.34. The second-order valence-electron chi connectivity index (χ2n) is 5.90. The summed E-state index contributed by atoms with van der Waals surface area (Å²) >= 11 is 0. The maximum absolute atomic E-state index is 11.9. The molecule has 1 atom stereocenters. The quantitative estimate of drug-likeness (QED) is 0.638. The number of carbonyl (C=O) groups is 1. The molecule has 0 aliphatic heterocycles. The summed E-state index contributed by atoms with van der Waals surface area (Å²) in [6, 6.07) is 0. The predicted molar refractivity (Wildman–Crippen MR) is 72.0 cm³/mol. The van der Waals surface area contributed by atoms with Crippen LogP contribution in [0.3, 0.4) is 0 Å². The molecule has 0 amide bonds. The molecular formula is C13H22O5S. The smallest absolute Gasteiger partial charge is 0.335 e. The predicted octanol–water partition coefficient (Wildman–Crippen LogP) is 2.54. The number of rotatable bonds is 3. The van der Waals surface area contributed by atoms with E-state index in [0.717, 1.165) is 0 Å². The highest BCUT2D eigenvalue weighted by Crippen LogP contribution is 2.41. The van der Waals surface area contributed by atoms with Gasteiger partial charge in [-0.3, -0.25) is 4.55 Å². The van der Waals surface area contributed by atoms with Gasteiger partial charge in [0.15, 0.2) is 0 Å². The molecule has 0 aromatic rings. The van der Waals surface area contributed by atoms with Crippen molar-refractivity contribution in [1.29, 1.82) is 0 Å². The third kappa shape index (κ3) is 4.04. The first-order valence-corrected chi connectivity index (χ1v) is 7.88. The minimum Gasteiger partial charge on any atom is -0.463 e. The van der Waals surface area contributed by atoms with E-state index < -0.39 is 16.1 Å². The summed E-state index contributed by atoms with van der Waals surface area (Å²) < 4.78 is 36.8. The van der Waals surface area contributed by atoms with Crippen LogP contribution in [0.2, 0.25) is 0 Å². The van der Waals surface area contributed by atoms with Crippen molar-refractivity contribution in [1.82, 2.24) is 0 Å². The normalized spacial score (nSPS) is 21.4. The molecule has 0 radical (unpaired) electrons. The first kappa shape index (κ1) is 16.2. The van der Waals surface area contributed by atoms with Crippen LogP contribution in [0.5, 0.6) is 0 Å². The third-order valence-electron chi connectivity index (χ3n) is 3.56. The van der Waals surface area contributed by atoms with E-state index in [0.29, 0.717) is 12.8 Å². The van der Waals surface area contributed by atoms with Gasteiger partial charge in [-0.15, -0.1) is 0 Å². The number of esters is 1. The first-order valence-electron chi connectivity index (χ1n) is 6.44. The average Bonchev–Trinajstić information content (AvgIpc) is 2.26. The average molecular weight is 290 g/mol. The van der Waals surface area contributed by atoms with Gasteiger partial charge in [-0.05, 0) is 37.5 Å². The second-order valence-corrected chi connectivity index (χ2v) is 7.35. The van der Waals surface area contributed by atoms with Gasteiger partial charge in [-0.1, -0.05) is 20.8 Å². The molecule has 110 valence electrons. The van der Waals surface area contributed by atoms with Gasteiger partial charge in [-0.25, -0.2) is 4.79 Å². The third-order valence-corrected chi connectivity index (χ3v) is 4.64. The summed E-state index contributed by atoms with van der Waals surface area (Å²) in [4.78, 5) is 11.7. The Morgan fingerprint density at radius 2 is 2.00 bits per heavy atom. The van der Waals surface area contributed by atoms with Crippen LogP contribution in [0.4, 0.5) is 0 Å². The number of hydrogen-bond acceptors (Lipinski definition) is 4. The number of allylic oxidation sites excluding steroid dienone is 1. The van der Waals surface area contributed by atoms with Gasteiger partial charge in [0.2, 0.25) is 0 Å². The molecule has 0 saturated heterocycles. The molecule has 0 bridgehead atoms.